The number of carbonyl (C=O) groups is 2. The lowest BCUT2D eigenvalue weighted by Gasteiger charge is -2.14. The number of hydrogen-bond donors (Lipinski definition) is 0. The zero-order valence-electron chi connectivity index (χ0n) is 18.9. The molecule has 1 heterocycles. The second kappa shape index (κ2) is 10.9. The van der Waals surface area contributed by atoms with Crippen molar-refractivity contribution in [1.82, 2.24) is 4.90 Å². The predicted molar refractivity (Wildman–Crippen MR) is 139 cm³/mol. The average Bonchev–Trinajstić information content (AvgIpc) is 3.08. The molecule has 3 aromatic rings. The first-order valence-corrected chi connectivity index (χ1v) is 12.5. The molecule has 174 valence electrons. The third-order valence-electron chi connectivity index (χ3n) is 5.24. The molecule has 0 bridgehead atoms. The zero-order chi connectivity index (χ0) is 24.1. The van der Waals surface area contributed by atoms with Crippen LogP contribution in [0.2, 0.25) is 0 Å². The van der Waals surface area contributed by atoms with Crippen molar-refractivity contribution in [2.24, 2.45) is 0 Å². The smallest absolute Gasteiger partial charge is 0.293 e. The average molecular weight is 538 g/mol. The third kappa shape index (κ3) is 5.72. The van der Waals surface area contributed by atoms with Gasteiger partial charge in [-0.25, -0.2) is 0 Å². The Balaban J connectivity index is 1.51. The molecule has 4 rings (SSSR count). The normalized spacial score (nSPS) is 14.7. The number of rotatable bonds is 8. The first-order chi connectivity index (χ1) is 16.4. The van der Waals surface area contributed by atoms with Crippen LogP contribution < -0.4 is 9.47 Å². The molecule has 2 amide bonds. The van der Waals surface area contributed by atoms with E-state index in [2.05, 4.69) is 28.1 Å². The second-order valence-corrected chi connectivity index (χ2v) is 9.62. The van der Waals surface area contributed by atoms with E-state index in [1.54, 1.807) is 6.08 Å². The number of benzene rings is 3. The lowest BCUT2D eigenvalue weighted by Crippen LogP contribution is -2.27. The summed E-state index contributed by atoms with van der Waals surface area (Å²) >= 11 is 4.42. The van der Waals surface area contributed by atoms with Crippen molar-refractivity contribution in [2.75, 3.05) is 6.61 Å². The van der Waals surface area contributed by atoms with Crippen LogP contribution in [0.4, 0.5) is 4.79 Å². The number of ether oxygens (including phenoxy) is 2. The fourth-order valence-corrected chi connectivity index (χ4v) is 4.68. The third-order valence-corrected chi connectivity index (χ3v) is 6.92. The Labute approximate surface area is 211 Å². The van der Waals surface area contributed by atoms with Crippen LogP contribution in [0.5, 0.6) is 11.5 Å². The quantitative estimate of drug-likeness (QED) is 0.290. The van der Waals surface area contributed by atoms with Crippen LogP contribution in [-0.4, -0.2) is 22.7 Å². The van der Waals surface area contributed by atoms with Gasteiger partial charge in [-0.15, -0.1) is 0 Å². The summed E-state index contributed by atoms with van der Waals surface area (Å²) in [7, 11) is 0. The Morgan fingerprint density at radius 1 is 0.971 bits per heavy atom. The molecule has 34 heavy (non-hydrogen) atoms. The van der Waals surface area contributed by atoms with Crippen molar-refractivity contribution in [3.63, 3.8) is 0 Å². The predicted octanol–water partition coefficient (Wildman–Crippen LogP) is 6.97. The van der Waals surface area contributed by atoms with Crippen LogP contribution in [0.25, 0.3) is 6.08 Å². The molecule has 1 fully saturated rings. The SMILES string of the molecule is CCOc1cc(/C=C2\SC(=O)N(Cc3ccccc3Br)C2=O)ccc1OCc1ccc(C)cc1. The van der Waals surface area contributed by atoms with E-state index < -0.39 is 0 Å². The number of halogens is 1. The van der Waals surface area contributed by atoms with Gasteiger partial charge in [0.2, 0.25) is 0 Å². The summed E-state index contributed by atoms with van der Waals surface area (Å²) < 4.78 is 12.6. The number of imide groups is 1. The maximum atomic E-state index is 12.9. The molecule has 7 heteroatoms. The number of carbonyl (C=O) groups excluding carboxylic acids is 2. The summed E-state index contributed by atoms with van der Waals surface area (Å²) in [5.41, 5.74) is 3.90. The maximum Gasteiger partial charge on any atom is 0.293 e. The molecular formula is C27H24BrNO4S. The standard InChI is InChI=1S/C27H24BrNO4S/c1-3-32-24-14-20(12-13-23(24)33-17-19-10-8-18(2)9-11-19)15-25-26(30)29(27(31)34-25)16-21-6-4-5-7-22(21)28/h4-15H,3,16-17H2,1-2H3/b25-15-. The van der Waals surface area contributed by atoms with E-state index in [4.69, 9.17) is 9.47 Å². The fourth-order valence-electron chi connectivity index (χ4n) is 3.43. The summed E-state index contributed by atoms with van der Waals surface area (Å²) in [5, 5.41) is -0.282. The molecule has 3 aromatic carbocycles. The molecule has 0 aliphatic carbocycles. The second-order valence-electron chi connectivity index (χ2n) is 7.77. The van der Waals surface area contributed by atoms with E-state index in [-0.39, 0.29) is 17.7 Å². The summed E-state index contributed by atoms with van der Waals surface area (Å²) in [5.74, 6) is 0.917. The molecule has 0 N–H and O–H groups in total. The summed E-state index contributed by atoms with van der Waals surface area (Å²) in [6.07, 6.45) is 1.72. The zero-order valence-corrected chi connectivity index (χ0v) is 21.3. The highest BCUT2D eigenvalue weighted by Crippen LogP contribution is 2.36. The van der Waals surface area contributed by atoms with Crippen LogP contribution in [0.3, 0.4) is 0 Å². The summed E-state index contributed by atoms with van der Waals surface area (Å²) in [4.78, 5) is 27.1. The van der Waals surface area contributed by atoms with E-state index in [0.717, 1.165) is 32.9 Å². The largest absolute Gasteiger partial charge is 0.490 e. The Hall–Kier alpha value is -3.03. The van der Waals surface area contributed by atoms with Crippen molar-refractivity contribution >= 4 is 44.9 Å². The topological polar surface area (TPSA) is 55.8 Å². The number of nitrogens with zero attached hydrogens (tertiary/aromatic N) is 1. The fraction of sp³-hybridized carbons (Fsp3) is 0.185. The van der Waals surface area contributed by atoms with E-state index >= 15 is 0 Å². The van der Waals surface area contributed by atoms with Gasteiger partial charge in [0.05, 0.1) is 18.1 Å². The van der Waals surface area contributed by atoms with Crippen molar-refractivity contribution in [1.29, 1.82) is 0 Å². The highest BCUT2D eigenvalue weighted by Gasteiger charge is 2.35. The van der Waals surface area contributed by atoms with Gasteiger partial charge in [0, 0.05) is 4.47 Å². The number of aryl methyl sites for hydroxylation is 1. The lowest BCUT2D eigenvalue weighted by atomic mass is 10.1. The minimum atomic E-state index is -0.302. The molecule has 1 saturated heterocycles. The monoisotopic (exact) mass is 537 g/mol. The maximum absolute atomic E-state index is 12.9. The summed E-state index contributed by atoms with van der Waals surface area (Å²) in [6, 6.07) is 21.2. The number of amides is 2. The highest BCUT2D eigenvalue weighted by atomic mass is 79.9. The van der Waals surface area contributed by atoms with Crippen LogP contribution in [0, 0.1) is 6.92 Å². The van der Waals surface area contributed by atoms with E-state index in [1.165, 1.54) is 10.5 Å². The van der Waals surface area contributed by atoms with Gasteiger partial charge in [-0.1, -0.05) is 70.0 Å². The summed E-state index contributed by atoms with van der Waals surface area (Å²) in [6.45, 7) is 5.08. The minimum absolute atomic E-state index is 0.222. The Bertz CT molecular complexity index is 1240. The molecule has 0 atom stereocenters. The van der Waals surface area contributed by atoms with E-state index in [1.807, 2.05) is 68.4 Å². The van der Waals surface area contributed by atoms with Gasteiger partial charge >= 0.3 is 0 Å². The molecule has 1 aliphatic heterocycles. The van der Waals surface area contributed by atoms with Gasteiger partial charge in [0.1, 0.15) is 6.61 Å². The molecule has 0 aromatic heterocycles. The molecule has 0 unspecified atom stereocenters. The Morgan fingerprint density at radius 2 is 1.74 bits per heavy atom. The van der Waals surface area contributed by atoms with Gasteiger partial charge in [0.15, 0.2) is 11.5 Å². The van der Waals surface area contributed by atoms with Gasteiger partial charge in [-0.2, -0.15) is 0 Å². The van der Waals surface area contributed by atoms with Crippen LogP contribution >= 0.6 is 27.7 Å². The molecule has 0 saturated carbocycles. The van der Waals surface area contributed by atoms with Gasteiger partial charge in [-0.3, -0.25) is 14.5 Å². The number of hydrogen-bond acceptors (Lipinski definition) is 5. The molecule has 0 radical (unpaired) electrons. The minimum Gasteiger partial charge on any atom is -0.490 e. The molecular weight excluding hydrogens is 514 g/mol. The number of thioether (sulfide) groups is 1. The first-order valence-electron chi connectivity index (χ1n) is 10.9. The lowest BCUT2D eigenvalue weighted by molar-refractivity contribution is -0.123. The first kappa shape index (κ1) is 24.1. The highest BCUT2D eigenvalue weighted by molar-refractivity contribution is 9.10. The van der Waals surface area contributed by atoms with Gasteiger partial charge in [0.25, 0.3) is 11.1 Å². The van der Waals surface area contributed by atoms with E-state index in [9.17, 15) is 9.59 Å². The molecule has 5 nitrogen and oxygen atoms in total. The van der Waals surface area contributed by atoms with Gasteiger partial charge < -0.3 is 9.47 Å². The van der Waals surface area contributed by atoms with Crippen LogP contribution in [0.15, 0.2) is 76.1 Å². The van der Waals surface area contributed by atoms with Crippen molar-refractivity contribution in [2.45, 2.75) is 27.0 Å². The molecule has 1 aliphatic rings. The van der Waals surface area contributed by atoms with Crippen molar-refractivity contribution < 1.29 is 19.1 Å². The van der Waals surface area contributed by atoms with E-state index in [0.29, 0.717) is 29.6 Å². The van der Waals surface area contributed by atoms with Crippen LogP contribution in [-0.2, 0) is 17.9 Å². The molecule has 0 spiro atoms. The van der Waals surface area contributed by atoms with Gasteiger partial charge in [-0.05, 0) is 66.6 Å². The Morgan fingerprint density at radius 3 is 2.47 bits per heavy atom. The van der Waals surface area contributed by atoms with Crippen molar-refractivity contribution in [3.8, 4) is 11.5 Å². The van der Waals surface area contributed by atoms with Crippen molar-refractivity contribution in [3.05, 3.63) is 98.4 Å². The Kier molecular flexibility index (Phi) is 7.75. The van der Waals surface area contributed by atoms with Crippen LogP contribution in [0.1, 0.15) is 29.2 Å².